The van der Waals surface area contributed by atoms with E-state index in [1.165, 1.54) is 0 Å². The van der Waals surface area contributed by atoms with Crippen molar-refractivity contribution in [2.45, 2.75) is 19.3 Å². The smallest absolute Gasteiger partial charge is 0.310 e. The van der Waals surface area contributed by atoms with Gasteiger partial charge in [-0.25, -0.2) is 0 Å². The third-order valence-electron chi connectivity index (χ3n) is 3.82. The quantitative estimate of drug-likeness (QED) is 0.933. The van der Waals surface area contributed by atoms with Crippen LogP contribution in [0.4, 0.5) is 0 Å². The third kappa shape index (κ3) is 1.79. The minimum absolute atomic E-state index is 0.417. The van der Waals surface area contributed by atoms with E-state index in [4.69, 9.17) is 4.74 Å². The monoisotopic (exact) mass is 298 g/mol. The number of rotatable bonds is 3. The molecule has 1 aromatic carbocycles. The summed E-state index contributed by atoms with van der Waals surface area (Å²) in [6.07, 6.45) is 0. The summed E-state index contributed by atoms with van der Waals surface area (Å²) in [5.41, 5.74) is -0.224. The molecule has 1 heterocycles. The van der Waals surface area contributed by atoms with Gasteiger partial charge in [-0.2, -0.15) is 0 Å². The zero-order chi connectivity index (χ0) is 12.7. The van der Waals surface area contributed by atoms with Crippen LogP contribution in [0.3, 0.4) is 0 Å². The van der Waals surface area contributed by atoms with Gasteiger partial charge < -0.3 is 9.84 Å². The molecule has 3 nitrogen and oxygen atoms in total. The Balaban J connectivity index is 2.45. The second kappa shape index (κ2) is 4.10. The first kappa shape index (κ1) is 12.6. The fraction of sp³-hybridized carbons (Fsp3) is 0.462. The molecule has 92 valence electrons. The molecule has 0 aliphatic carbocycles. The predicted molar refractivity (Wildman–Crippen MR) is 68.1 cm³/mol. The highest BCUT2D eigenvalue weighted by molar-refractivity contribution is 9.10. The van der Waals surface area contributed by atoms with Crippen LogP contribution in [0, 0.1) is 5.41 Å². The van der Waals surface area contributed by atoms with E-state index in [0.29, 0.717) is 13.2 Å². The summed E-state index contributed by atoms with van der Waals surface area (Å²) in [7, 11) is 0. The van der Waals surface area contributed by atoms with Crippen molar-refractivity contribution in [1.29, 1.82) is 0 Å². The molecule has 0 aromatic heterocycles. The number of hydrogen-bond donors (Lipinski definition) is 1. The average molecular weight is 299 g/mol. The summed E-state index contributed by atoms with van der Waals surface area (Å²) >= 11 is 3.38. The number of hydrogen-bond acceptors (Lipinski definition) is 2. The van der Waals surface area contributed by atoms with Crippen LogP contribution in [0.1, 0.15) is 19.4 Å². The summed E-state index contributed by atoms with van der Waals surface area (Å²) in [4.78, 5) is 11.4. The topological polar surface area (TPSA) is 46.5 Å². The van der Waals surface area contributed by atoms with E-state index in [2.05, 4.69) is 15.9 Å². The van der Waals surface area contributed by atoms with Crippen LogP contribution in [-0.4, -0.2) is 24.3 Å². The Labute approximate surface area is 109 Å². The van der Waals surface area contributed by atoms with Crippen LogP contribution >= 0.6 is 15.9 Å². The molecule has 1 aromatic rings. The lowest BCUT2D eigenvalue weighted by Gasteiger charge is -2.50. The molecule has 1 aliphatic heterocycles. The van der Waals surface area contributed by atoms with E-state index < -0.39 is 16.8 Å². The highest BCUT2D eigenvalue weighted by atomic mass is 79.9. The maximum Gasteiger partial charge on any atom is 0.310 e. The number of ether oxygens (including phenoxy) is 1. The molecule has 4 heteroatoms. The summed E-state index contributed by atoms with van der Waals surface area (Å²) in [6.45, 7) is 4.46. The Kier molecular flexibility index (Phi) is 3.04. The SMILES string of the molecule is CC(C)(C(=O)O)C1(c2ccc(Br)cc2)COC1. The van der Waals surface area contributed by atoms with Crippen molar-refractivity contribution in [2.75, 3.05) is 13.2 Å². The second-order valence-corrected chi connectivity index (χ2v) is 5.93. The van der Waals surface area contributed by atoms with Gasteiger partial charge >= 0.3 is 5.97 Å². The number of carboxylic acids is 1. The first-order valence-electron chi connectivity index (χ1n) is 5.47. The second-order valence-electron chi connectivity index (χ2n) is 5.01. The number of halogens is 1. The number of aliphatic carboxylic acids is 1. The molecule has 1 fully saturated rings. The van der Waals surface area contributed by atoms with Gasteiger partial charge in [0, 0.05) is 4.47 Å². The number of carboxylic acid groups (broad SMARTS) is 1. The van der Waals surface area contributed by atoms with Crippen LogP contribution in [0.2, 0.25) is 0 Å². The molecule has 17 heavy (non-hydrogen) atoms. The van der Waals surface area contributed by atoms with Crippen LogP contribution in [-0.2, 0) is 14.9 Å². The van der Waals surface area contributed by atoms with Crippen LogP contribution in [0.15, 0.2) is 28.7 Å². The molecule has 0 saturated carbocycles. The minimum Gasteiger partial charge on any atom is -0.481 e. The van der Waals surface area contributed by atoms with Crippen LogP contribution in [0.5, 0.6) is 0 Å². The average Bonchev–Trinajstić information content (AvgIpc) is 2.18. The van der Waals surface area contributed by atoms with E-state index in [-0.39, 0.29) is 0 Å². The molecule has 1 aliphatic rings. The van der Waals surface area contributed by atoms with Crippen molar-refractivity contribution in [3.8, 4) is 0 Å². The van der Waals surface area contributed by atoms with Crippen molar-refractivity contribution in [3.63, 3.8) is 0 Å². The van der Waals surface area contributed by atoms with Crippen LogP contribution < -0.4 is 0 Å². The molecule has 1 saturated heterocycles. The Hall–Kier alpha value is -0.870. The first-order chi connectivity index (χ1) is 7.90. The summed E-state index contributed by atoms with van der Waals surface area (Å²) in [5.74, 6) is -0.788. The van der Waals surface area contributed by atoms with Gasteiger partial charge in [-0.05, 0) is 31.5 Å². The standard InChI is InChI=1S/C13H15BrO3/c1-12(2,11(15)16)13(7-17-8-13)9-3-5-10(14)6-4-9/h3-6H,7-8H2,1-2H3,(H,15,16). The molecule has 0 unspecified atom stereocenters. The highest BCUT2D eigenvalue weighted by Crippen LogP contribution is 2.47. The van der Waals surface area contributed by atoms with Crippen molar-refractivity contribution in [3.05, 3.63) is 34.3 Å². The fourth-order valence-electron chi connectivity index (χ4n) is 2.17. The van der Waals surface area contributed by atoms with Gasteiger partial charge in [0.15, 0.2) is 0 Å². The van der Waals surface area contributed by atoms with E-state index >= 15 is 0 Å². The summed E-state index contributed by atoms with van der Waals surface area (Å²) in [5, 5.41) is 9.39. The molecule has 0 atom stereocenters. The third-order valence-corrected chi connectivity index (χ3v) is 4.35. The molecular weight excluding hydrogens is 284 g/mol. The van der Waals surface area contributed by atoms with Gasteiger partial charge in [-0.3, -0.25) is 4.79 Å². The zero-order valence-corrected chi connectivity index (χ0v) is 11.5. The van der Waals surface area contributed by atoms with Crippen molar-refractivity contribution in [1.82, 2.24) is 0 Å². The van der Waals surface area contributed by atoms with Crippen molar-refractivity contribution >= 4 is 21.9 Å². The van der Waals surface area contributed by atoms with Gasteiger partial charge in [0.1, 0.15) is 0 Å². The maximum absolute atomic E-state index is 11.4. The molecule has 2 rings (SSSR count). The van der Waals surface area contributed by atoms with Gasteiger partial charge in [0.25, 0.3) is 0 Å². The highest BCUT2D eigenvalue weighted by Gasteiger charge is 2.56. The fourth-order valence-corrected chi connectivity index (χ4v) is 2.43. The van der Waals surface area contributed by atoms with E-state index in [0.717, 1.165) is 10.0 Å². The van der Waals surface area contributed by atoms with Crippen molar-refractivity contribution in [2.24, 2.45) is 5.41 Å². The molecular formula is C13H15BrO3. The maximum atomic E-state index is 11.4. The summed E-state index contributed by atoms with van der Waals surface area (Å²) in [6, 6.07) is 7.81. The van der Waals surface area contributed by atoms with E-state index in [1.807, 2.05) is 24.3 Å². The summed E-state index contributed by atoms with van der Waals surface area (Å²) < 4.78 is 6.27. The Morgan fingerprint density at radius 2 is 1.88 bits per heavy atom. The van der Waals surface area contributed by atoms with Crippen LogP contribution in [0.25, 0.3) is 0 Å². The van der Waals surface area contributed by atoms with E-state index in [9.17, 15) is 9.90 Å². The Morgan fingerprint density at radius 3 is 2.24 bits per heavy atom. The molecule has 0 radical (unpaired) electrons. The lowest BCUT2D eigenvalue weighted by Crippen LogP contribution is -2.59. The van der Waals surface area contributed by atoms with Gasteiger partial charge in [-0.15, -0.1) is 0 Å². The molecule has 0 spiro atoms. The van der Waals surface area contributed by atoms with E-state index in [1.54, 1.807) is 13.8 Å². The normalized spacial score (nSPS) is 18.5. The number of benzene rings is 1. The molecule has 0 bridgehead atoms. The Bertz CT molecular complexity index is 432. The van der Waals surface area contributed by atoms with Gasteiger partial charge in [0.2, 0.25) is 0 Å². The predicted octanol–water partition coefficient (Wildman–Crippen LogP) is 2.83. The lowest BCUT2D eigenvalue weighted by atomic mass is 9.60. The number of carbonyl (C=O) groups is 1. The largest absolute Gasteiger partial charge is 0.481 e. The Morgan fingerprint density at radius 1 is 1.35 bits per heavy atom. The minimum atomic E-state index is -0.834. The first-order valence-corrected chi connectivity index (χ1v) is 6.27. The lowest BCUT2D eigenvalue weighted by molar-refractivity contribution is -0.171. The van der Waals surface area contributed by atoms with Gasteiger partial charge in [-0.1, -0.05) is 28.1 Å². The van der Waals surface area contributed by atoms with Crippen molar-refractivity contribution < 1.29 is 14.6 Å². The van der Waals surface area contributed by atoms with Gasteiger partial charge in [0.05, 0.1) is 24.0 Å². The zero-order valence-electron chi connectivity index (χ0n) is 9.87. The molecule has 1 N–H and O–H groups in total. The molecule has 0 amide bonds.